The van der Waals surface area contributed by atoms with E-state index in [0.717, 1.165) is 29.7 Å². The highest BCUT2D eigenvalue weighted by atomic mass is 35.5. The molecule has 3 aromatic rings. The number of likely N-dealkylation sites (tertiary alicyclic amines) is 1. The molecule has 0 unspecified atom stereocenters. The van der Waals surface area contributed by atoms with Crippen LogP contribution in [0.1, 0.15) is 40.2 Å². The van der Waals surface area contributed by atoms with Crippen molar-refractivity contribution in [1.29, 1.82) is 0 Å². The van der Waals surface area contributed by atoms with E-state index in [-0.39, 0.29) is 21.9 Å². The van der Waals surface area contributed by atoms with Crippen LogP contribution in [-0.2, 0) is 0 Å². The predicted octanol–water partition coefficient (Wildman–Crippen LogP) is 6.60. The predicted molar refractivity (Wildman–Crippen MR) is 123 cm³/mol. The van der Waals surface area contributed by atoms with Crippen molar-refractivity contribution in [3.05, 3.63) is 87.4 Å². The molecule has 1 fully saturated rings. The Hall–Kier alpha value is -2.63. The number of piperidine rings is 1. The largest absolute Gasteiger partial charge is 0.354 e. The van der Waals surface area contributed by atoms with E-state index in [4.69, 9.17) is 23.2 Å². The topological polar surface area (TPSA) is 45.2 Å². The molecule has 4 rings (SSSR count). The molecule has 1 N–H and O–H groups in total. The summed E-state index contributed by atoms with van der Waals surface area (Å²) in [4.78, 5) is 19.2. The Morgan fingerprint density at radius 3 is 2.52 bits per heavy atom. The average molecular weight is 458 g/mol. The number of rotatable bonds is 4. The van der Waals surface area contributed by atoms with Gasteiger partial charge in [-0.2, -0.15) is 0 Å². The monoisotopic (exact) mass is 457 g/mol. The quantitative estimate of drug-likeness (QED) is 0.448. The molecule has 0 atom stereocenters. The summed E-state index contributed by atoms with van der Waals surface area (Å²) in [6, 6.07) is 14.4. The van der Waals surface area contributed by atoms with Gasteiger partial charge in [-0.25, -0.2) is 9.37 Å². The van der Waals surface area contributed by atoms with Crippen molar-refractivity contribution >= 4 is 40.5 Å². The van der Waals surface area contributed by atoms with Crippen LogP contribution in [0.15, 0.2) is 54.7 Å². The number of carbonyl (C=O) groups excluding carboxylic acids is 1. The van der Waals surface area contributed by atoms with Crippen molar-refractivity contribution in [2.24, 2.45) is 0 Å². The number of hydrogen-bond donors (Lipinski definition) is 1. The Bertz CT molecular complexity index is 1100. The van der Waals surface area contributed by atoms with Gasteiger partial charge < -0.3 is 10.2 Å². The van der Waals surface area contributed by atoms with Gasteiger partial charge in [0.1, 0.15) is 16.0 Å². The molecule has 1 aliphatic heterocycles. The first-order valence-electron chi connectivity index (χ1n) is 10.1. The van der Waals surface area contributed by atoms with Crippen LogP contribution < -0.4 is 5.32 Å². The van der Waals surface area contributed by atoms with Gasteiger partial charge in [-0.05, 0) is 61.1 Å². The van der Waals surface area contributed by atoms with Crippen LogP contribution in [0.25, 0.3) is 0 Å². The van der Waals surface area contributed by atoms with E-state index < -0.39 is 0 Å². The average Bonchev–Trinajstić information content (AvgIpc) is 2.77. The molecule has 1 amide bonds. The third-order valence-electron chi connectivity index (χ3n) is 5.62. The third kappa shape index (κ3) is 4.83. The van der Waals surface area contributed by atoms with Gasteiger partial charge in [0.25, 0.3) is 5.91 Å². The Kier molecular flexibility index (Phi) is 6.44. The molecule has 2 heterocycles. The highest BCUT2D eigenvalue weighted by Gasteiger charge is 2.27. The lowest BCUT2D eigenvalue weighted by atomic mass is 9.89. The second-order valence-corrected chi connectivity index (χ2v) is 8.50. The number of hydrogen-bond acceptors (Lipinski definition) is 3. The second kappa shape index (κ2) is 9.25. The number of nitrogens with zero attached hydrogens (tertiary/aromatic N) is 2. The molecular weight excluding hydrogens is 436 g/mol. The number of aromatic nitrogens is 1. The summed E-state index contributed by atoms with van der Waals surface area (Å²) in [5.74, 6) is -0.0719. The molecule has 1 saturated heterocycles. The Morgan fingerprint density at radius 2 is 1.84 bits per heavy atom. The molecule has 2 aromatic carbocycles. The van der Waals surface area contributed by atoms with Gasteiger partial charge in [0.05, 0.1) is 11.3 Å². The molecule has 0 aliphatic carbocycles. The summed E-state index contributed by atoms with van der Waals surface area (Å²) in [6.07, 6.45) is 3.10. The smallest absolute Gasteiger partial charge is 0.257 e. The summed E-state index contributed by atoms with van der Waals surface area (Å²) in [5.41, 5.74) is 3.84. The van der Waals surface area contributed by atoms with E-state index in [1.807, 2.05) is 48.2 Å². The molecule has 4 nitrogen and oxygen atoms in total. The maximum atomic E-state index is 13.3. The molecule has 0 radical (unpaired) electrons. The fraction of sp³-hybridized carbons (Fsp3) is 0.250. The first-order chi connectivity index (χ1) is 14.9. The maximum Gasteiger partial charge on any atom is 0.257 e. The zero-order chi connectivity index (χ0) is 22.0. The van der Waals surface area contributed by atoms with Crippen molar-refractivity contribution in [2.45, 2.75) is 25.7 Å². The van der Waals surface area contributed by atoms with Crippen LogP contribution in [0.3, 0.4) is 0 Å². The van der Waals surface area contributed by atoms with Crippen LogP contribution >= 0.6 is 23.2 Å². The zero-order valence-electron chi connectivity index (χ0n) is 17.0. The maximum absolute atomic E-state index is 13.3. The number of pyridine rings is 1. The van der Waals surface area contributed by atoms with Crippen molar-refractivity contribution in [3.8, 4) is 0 Å². The molecule has 31 heavy (non-hydrogen) atoms. The molecule has 1 aliphatic rings. The number of halogens is 3. The van der Waals surface area contributed by atoms with Crippen molar-refractivity contribution in [2.75, 3.05) is 18.4 Å². The summed E-state index contributed by atoms with van der Waals surface area (Å²) in [7, 11) is 0. The minimum absolute atomic E-state index is 0.140. The zero-order valence-corrected chi connectivity index (χ0v) is 18.6. The van der Waals surface area contributed by atoms with Crippen molar-refractivity contribution < 1.29 is 9.18 Å². The normalized spacial score (nSPS) is 14.5. The Morgan fingerprint density at radius 1 is 1.13 bits per heavy atom. The van der Waals surface area contributed by atoms with Crippen LogP contribution in [0.5, 0.6) is 0 Å². The summed E-state index contributed by atoms with van der Waals surface area (Å²) in [5, 5.41) is 3.60. The first kappa shape index (κ1) is 21.6. The minimum atomic E-state index is -0.239. The number of aryl methyl sites for hydroxylation is 1. The molecule has 0 spiro atoms. The SMILES string of the molecule is Cc1cccc(Nc2c(C(=O)N3CCC(c4ccc(F)cc4)CC3)cnc(Cl)c2Cl)c1. The fourth-order valence-electron chi connectivity index (χ4n) is 3.94. The van der Waals surface area contributed by atoms with Crippen LogP contribution in [0.2, 0.25) is 10.2 Å². The van der Waals surface area contributed by atoms with Gasteiger partial charge in [0.2, 0.25) is 0 Å². The van der Waals surface area contributed by atoms with Crippen molar-refractivity contribution in [1.82, 2.24) is 9.88 Å². The standard InChI is InChI=1S/C24H22Cl2FN3O/c1-15-3-2-4-19(13-15)29-22-20(14-28-23(26)21(22)25)24(31)30-11-9-17(10-12-30)16-5-7-18(27)8-6-16/h2-8,13-14,17H,9-12H2,1H3,(H,28,29). The van der Waals surface area contributed by atoms with Gasteiger partial charge in [0, 0.05) is 25.0 Å². The van der Waals surface area contributed by atoms with E-state index in [0.29, 0.717) is 30.3 Å². The minimum Gasteiger partial charge on any atom is -0.354 e. The second-order valence-electron chi connectivity index (χ2n) is 7.76. The third-order valence-corrected chi connectivity index (χ3v) is 6.37. The molecule has 0 bridgehead atoms. The van der Waals surface area contributed by atoms with Gasteiger partial charge in [-0.15, -0.1) is 0 Å². The van der Waals surface area contributed by atoms with Crippen LogP contribution in [0, 0.1) is 12.7 Å². The number of benzene rings is 2. The van der Waals surface area contributed by atoms with Gasteiger partial charge in [-0.3, -0.25) is 4.79 Å². The lowest BCUT2D eigenvalue weighted by molar-refractivity contribution is 0.0713. The molecule has 0 saturated carbocycles. The fourth-order valence-corrected chi connectivity index (χ4v) is 4.28. The van der Waals surface area contributed by atoms with E-state index in [2.05, 4.69) is 10.3 Å². The van der Waals surface area contributed by atoms with E-state index in [1.165, 1.54) is 18.3 Å². The Balaban J connectivity index is 1.53. The number of nitrogens with one attached hydrogen (secondary N) is 1. The molecule has 160 valence electrons. The van der Waals surface area contributed by atoms with Crippen molar-refractivity contribution in [3.63, 3.8) is 0 Å². The Labute approximate surface area is 191 Å². The molecule has 1 aromatic heterocycles. The summed E-state index contributed by atoms with van der Waals surface area (Å²) < 4.78 is 13.2. The van der Waals surface area contributed by atoms with Crippen LogP contribution in [-0.4, -0.2) is 28.9 Å². The first-order valence-corrected chi connectivity index (χ1v) is 10.9. The highest BCUT2D eigenvalue weighted by Crippen LogP contribution is 2.36. The highest BCUT2D eigenvalue weighted by molar-refractivity contribution is 6.43. The summed E-state index contributed by atoms with van der Waals surface area (Å²) in [6.45, 7) is 3.19. The lowest BCUT2D eigenvalue weighted by Gasteiger charge is -2.32. The number of anilines is 2. The molecular formula is C24H22Cl2FN3O. The van der Waals surface area contributed by atoms with E-state index >= 15 is 0 Å². The van der Waals surface area contributed by atoms with E-state index in [1.54, 1.807) is 0 Å². The lowest BCUT2D eigenvalue weighted by Crippen LogP contribution is -2.38. The van der Waals surface area contributed by atoms with E-state index in [9.17, 15) is 9.18 Å². The van der Waals surface area contributed by atoms with Gasteiger partial charge in [-0.1, -0.05) is 47.5 Å². The van der Waals surface area contributed by atoms with Crippen LogP contribution in [0.4, 0.5) is 15.8 Å². The van der Waals surface area contributed by atoms with Gasteiger partial charge in [0.15, 0.2) is 0 Å². The summed E-state index contributed by atoms with van der Waals surface area (Å²) >= 11 is 12.6. The van der Waals surface area contributed by atoms with Gasteiger partial charge >= 0.3 is 0 Å². The molecule has 7 heteroatoms. The number of carbonyl (C=O) groups is 1. The number of amides is 1.